The standard InChI is InChI=1S/C6H3NOS/c8-6-4-2-1-3-5(6)9-7-4/h1-3H. The van der Waals surface area contributed by atoms with Gasteiger partial charge in [-0.1, -0.05) is 6.08 Å². The lowest BCUT2D eigenvalue weighted by Crippen LogP contribution is -2.08. The molecule has 9 heavy (non-hydrogen) atoms. The van der Waals surface area contributed by atoms with Gasteiger partial charge in [-0.3, -0.25) is 4.79 Å². The molecule has 0 amide bonds. The number of Topliss-reactive ketones (excluding diaryl/α,β-unsaturated/α-hetero) is 1. The quantitative estimate of drug-likeness (QED) is 0.369. The Morgan fingerprint density at radius 3 is 3.11 bits per heavy atom. The molecule has 0 spiro atoms. The second kappa shape index (κ2) is 1.57. The van der Waals surface area contributed by atoms with Crippen molar-refractivity contribution in [3.8, 4) is 0 Å². The van der Waals surface area contributed by atoms with Crippen molar-refractivity contribution in [2.75, 3.05) is 0 Å². The van der Waals surface area contributed by atoms with Crippen molar-refractivity contribution in [3.05, 3.63) is 23.1 Å². The molecule has 2 rings (SSSR count). The van der Waals surface area contributed by atoms with Crippen LogP contribution in [0.5, 0.6) is 0 Å². The van der Waals surface area contributed by atoms with Gasteiger partial charge in [0.2, 0.25) is 5.78 Å². The van der Waals surface area contributed by atoms with E-state index >= 15 is 0 Å². The van der Waals surface area contributed by atoms with E-state index in [2.05, 4.69) is 4.40 Å². The molecule has 44 valence electrons. The summed E-state index contributed by atoms with van der Waals surface area (Å²) in [6.45, 7) is 0. The fraction of sp³-hybridized carbons (Fsp3) is 0. The number of hydrogen-bond donors (Lipinski definition) is 0. The first kappa shape index (κ1) is 4.99. The Morgan fingerprint density at radius 2 is 2.44 bits per heavy atom. The van der Waals surface area contributed by atoms with Crippen LogP contribution in [0, 0.1) is 0 Å². The van der Waals surface area contributed by atoms with Gasteiger partial charge in [-0.05, 0) is 12.2 Å². The van der Waals surface area contributed by atoms with Gasteiger partial charge in [-0.2, -0.15) is 0 Å². The van der Waals surface area contributed by atoms with Gasteiger partial charge in [-0.25, -0.2) is 4.40 Å². The number of carbonyl (C=O) groups excluding carboxylic acids is 1. The van der Waals surface area contributed by atoms with Gasteiger partial charge in [0.25, 0.3) is 0 Å². The number of carbonyl (C=O) groups is 1. The summed E-state index contributed by atoms with van der Waals surface area (Å²) in [5.74, 6) is 0.0718. The van der Waals surface area contributed by atoms with Gasteiger partial charge in [0.1, 0.15) is 5.71 Å². The predicted octanol–water partition coefficient (Wildman–Crippen LogP) is 1.11. The SMILES string of the molecule is O=C1C2=CC=CC1=NS2. The zero-order valence-corrected chi connectivity index (χ0v) is 5.31. The van der Waals surface area contributed by atoms with Gasteiger partial charge < -0.3 is 0 Å². The zero-order valence-electron chi connectivity index (χ0n) is 4.50. The van der Waals surface area contributed by atoms with Crippen LogP contribution in [0.15, 0.2) is 27.5 Å². The lowest BCUT2D eigenvalue weighted by molar-refractivity contribution is -0.109. The van der Waals surface area contributed by atoms with E-state index in [1.54, 1.807) is 12.2 Å². The fourth-order valence-corrected chi connectivity index (χ4v) is 1.41. The third kappa shape index (κ3) is 0.580. The average Bonchev–Trinajstić information content (AvgIpc) is 2.19. The Kier molecular flexibility index (Phi) is 0.873. The van der Waals surface area contributed by atoms with E-state index in [4.69, 9.17) is 0 Å². The third-order valence-corrected chi connectivity index (χ3v) is 2.01. The van der Waals surface area contributed by atoms with Crippen LogP contribution in [0.25, 0.3) is 0 Å². The van der Waals surface area contributed by atoms with E-state index in [0.29, 0.717) is 5.71 Å². The molecule has 0 aromatic rings. The molecule has 0 fully saturated rings. The second-order valence-electron chi connectivity index (χ2n) is 1.79. The number of hydrogen-bond acceptors (Lipinski definition) is 3. The molecule has 0 unspecified atom stereocenters. The maximum absolute atomic E-state index is 10.9. The van der Waals surface area contributed by atoms with Crippen LogP contribution in [-0.4, -0.2) is 11.5 Å². The lowest BCUT2D eigenvalue weighted by atomic mass is 10.1. The fourth-order valence-electron chi connectivity index (χ4n) is 0.746. The molecule has 1 aliphatic carbocycles. The first-order valence-corrected chi connectivity index (χ1v) is 3.33. The van der Waals surface area contributed by atoms with Crippen molar-refractivity contribution in [3.63, 3.8) is 0 Å². The second-order valence-corrected chi connectivity index (χ2v) is 2.59. The molecule has 0 aromatic carbocycles. The number of ketones is 1. The van der Waals surface area contributed by atoms with Crippen molar-refractivity contribution in [2.24, 2.45) is 4.40 Å². The van der Waals surface area contributed by atoms with Crippen LogP contribution in [0.4, 0.5) is 0 Å². The van der Waals surface area contributed by atoms with Crippen LogP contribution in [0.2, 0.25) is 0 Å². The maximum Gasteiger partial charge on any atom is 0.220 e. The molecule has 0 radical (unpaired) electrons. The minimum Gasteiger partial charge on any atom is -0.286 e. The minimum atomic E-state index is 0.0718. The molecule has 3 heteroatoms. The molecule has 2 bridgehead atoms. The summed E-state index contributed by atoms with van der Waals surface area (Å²) < 4.78 is 3.91. The first-order chi connectivity index (χ1) is 4.38. The molecule has 0 saturated carbocycles. The Balaban J connectivity index is 2.61. The summed E-state index contributed by atoms with van der Waals surface area (Å²) in [7, 11) is 0. The molecule has 2 aliphatic rings. The summed E-state index contributed by atoms with van der Waals surface area (Å²) in [4.78, 5) is 11.7. The Morgan fingerprint density at radius 1 is 1.56 bits per heavy atom. The number of rotatable bonds is 0. The van der Waals surface area contributed by atoms with Crippen molar-refractivity contribution in [1.82, 2.24) is 0 Å². The average molecular weight is 137 g/mol. The van der Waals surface area contributed by atoms with Gasteiger partial charge in [0.15, 0.2) is 0 Å². The molecule has 1 heterocycles. The van der Waals surface area contributed by atoms with Gasteiger partial charge in [-0.15, -0.1) is 0 Å². The minimum absolute atomic E-state index is 0.0718. The summed E-state index contributed by atoms with van der Waals surface area (Å²) in [5, 5.41) is 0. The van der Waals surface area contributed by atoms with Crippen molar-refractivity contribution in [2.45, 2.75) is 0 Å². The van der Waals surface area contributed by atoms with E-state index in [0.717, 1.165) is 4.91 Å². The monoisotopic (exact) mass is 137 g/mol. The summed E-state index contributed by atoms with van der Waals surface area (Å²) in [6.07, 6.45) is 5.36. The summed E-state index contributed by atoms with van der Waals surface area (Å²) in [5.41, 5.74) is 0.581. The highest BCUT2D eigenvalue weighted by molar-refractivity contribution is 8.03. The van der Waals surface area contributed by atoms with E-state index in [1.807, 2.05) is 6.08 Å². The Labute approximate surface area is 56.5 Å². The van der Waals surface area contributed by atoms with E-state index in [9.17, 15) is 4.79 Å². The number of allylic oxidation sites excluding steroid dienone is 4. The highest BCUT2D eigenvalue weighted by Crippen LogP contribution is 2.28. The highest BCUT2D eigenvalue weighted by atomic mass is 32.2. The normalized spacial score (nSPS) is 22.0. The van der Waals surface area contributed by atoms with Gasteiger partial charge in [0.05, 0.1) is 4.91 Å². The van der Waals surface area contributed by atoms with Crippen molar-refractivity contribution in [1.29, 1.82) is 0 Å². The molecule has 0 saturated heterocycles. The summed E-state index contributed by atoms with van der Waals surface area (Å²) >= 11 is 1.26. The van der Waals surface area contributed by atoms with Gasteiger partial charge >= 0.3 is 0 Å². The van der Waals surface area contributed by atoms with Crippen LogP contribution in [0.1, 0.15) is 0 Å². The predicted molar refractivity (Wildman–Crippen MR) is 37.3 cm³/mol. The van der Waals surface area contributed by atoms with E-state index in [1.165, 1.54) is 11.9 Å². The van der Waals surface area contributed by atoms with E-state index < -0.39 is 0 Å². The molecular formula is C6H3NOS. The Hall–Kier alpha value is -0.830. The highest BCUT2D eigenvalue weighted by Gasteiger charge is 2.23. The number of nitrogens with zero attached hydrogens (tertiary/aromatic N) is 1. The molecule has 0 atom stereocenters. The van der Waals surface area contributed by atoms with Crippen LogP contribution in [-0.2, 0) is 4.79 Å². The summed E-state index contributed by atoms with van der Waals surface area (Å²) in [6, 6.07) is 0. The lowest BCUT2D eigenvalue weighted by Gasteiger charge is -1.92. The van der Waals surface area contributed by atoms with Crippen molar-refractivity contribution >= 4 is 23.4 Å². The molecule has 0 N–H and O–H groups in total. The van der Waals surface area contributed by atoms with Crippen LogP contribution in [0.3, 0.4) is 0 Å². The van der Waals surface area contributed by atoms with Crippen molar-refractivity contribution < 1.29 is 4.79 Å². The van der Waals surface area contributed by atoms with Gasteiger partial charge in [0, 0.05) is 11.9 Å². The molecule has 0 aromatic heterocycles. The largest absolute Gasteiger partial charge is 0.286 e. The topological polar surface area (TPSA) is 29.4 Å². The van der Waals surface area contributed by atoms with E-state index in [-0.39, 0.29) is 5.78 Å². The van der Waals surface area contributed by atoms with Crippen LogP contribution < -0.4 is 0 Å². The zero-order chi connectivity index (χ0) is 6.27. The smallest absolute Gasteiger partial charge is 0.220 e. The molecule has 1 aliphatic heterocycles. The maximum atomic E-state index is 10.9. The first-order valence-electron chi connectivity index (χ1n) is 2.56. The molecular weight excluding hydrogens is 134 g/mol. The Bertz CT molecular complexity index is 262. The third-order valence-electron chi connectivity index (χ3n) is 1.20. The van der Waals surface area contributed by atoms with Crippen LogP contribution >= 0.6 is 11.9 Å². The number of fused-ring (bicyclic) bond motifs is 2. The molecule has 2 nitrogen and oxygen atoms in total.